The predicted octanol–water partition coefficient (Wildman–Crippen LogP) is 1.61. The van der Waals surface area contributed by atoms with Crippen LogP contribution < -0.4 is 0 Å². The van der Waals surface area contributed by atoms with Crippen LogP contribution in [0.4, 0.5) is 0 Å². The van der Waals surface area contributed by atoms with Gasteiger partial charge in [-0.15, -0.1) is 0 Å². The standard InChI is InChI=1S/C8H13NO/c1-5-8(7(3)10)6(2)9-4/h5H,1-4H3/b8-5+,9-6?. The molecule has 0 radical (unpaired) electrons. The van der Waals surface area contributed by atoms with E-state index >= 15 is 0 Å². The fourth-order valence-electron chi connectivity index (χ4n) is 0.787. The Morgan fingerprint density at radius 1 is 1.40 bits per heavy atom. The highest BCUT2D eigenvalue weighted by molar-refractivity contribution is 6.20. The van der Waals surface area contributed by atoms with Crippen LogP contribution in [0.2, 0.25) is 0 Å². The molecule has 2 nitrogen and oxygen atoms in total. The van der Waals surface area contributed by atoms with Crippen LogP contribution in [0, 0.1) is 0 Å². The third-order valence-electron chi connectivity index (χ3n) is 1.39. The maximum Gasteiger partial charge on any atom is 0.161 e. The minimum Gasteiger partial charge on any atom is -0.294 e. The molecule has 0 heterocycles. The molecular formula is C8H13NO. The monoisotopic (exact) mass is 139 g/mol. The molecule has 0 aliphatic carbocycles. The van der Waals surface area contributed by atoms with Crippen molar-refractivity contribution in [1.82, 2.24) is 0 Å². The van der Waals surface area contributed by atoms with Crippen LogP contribution >= 0.6 is 0 Å². The number of nitrogens with zero attached hydrogens (tertiary/aromatic N) is 1. The Balaban J connectivity index is 4.56. The van der Waals surface area contributed by atoms with Crippen molar-refractivity contribution in [3.8, 4) is 0 Å². The summed E-state index contributed by atoms with van der Waals surface area (Å²) in [4.78, 5) is 14.7. The summed E-state index contributed by atoms with van der Waals surface area (Å²) in [6.45, 7) is 5.21. The molecule has 0 atom stereocenters. The van der Waals surface area contributed by atoms with Crippen molar-refractivity contribution in [3.63, 3.8) is 0 Å². The minimum atomic E-state index is 0.0746. The lowest BCUT2D eigenvalue weighted by Gasteiger charge is -1.98. The van der Waals surface area contributed by atoms with Gasteiger partial charge in [-0.05, 0) is 20.8 Å². The Labute approximate surface area is 61.7 Å². The molecule has 0 aromatic heterocycles. The Morgan fingerprint density at radius 2 is 1.90 bits per heavy atom. The van der Waals surface area contributed by atoms with Gasteiger partial charge in [0, 0.05) is 18.3 Å². The number of allylic oxidation sites excluding steroid dienone is 2. The number of rotatable bonds is 2. The lowest BCUT2D eigenvalue weighted by molar-refractivity contribution is -0.113. The van der Waals surface area contributed by atoms with Crippen molar-refractivity contribution >= 4 is 11.5 Å². The highest BCUT2D eigenvalue weighted by atomic mass is 16.1. The topological polar surface area (TPSA) is 29.4 Å². The van der Waals surface area contributed by atoms with Gasteiger partial charge in [0.1, 0.15) is 0 Å². The largest absolute Gasteiger partial charge is 0.294 e. The number of carbonyl (C=O) groups is 1. The van der Waals surface area contributed by atoms with Gasteiger partial charge in [0.05, 0.1) is 0 Å². The van der Waals surface area contributed by atoms with Crippen molar-refractivity contribution in [3.05, 3.63) is 11.6 Å². The van der Waals surface area contributed by atoms with Crippen LogP contribution in [-0.4, -0.2) is 18.5 Å². The molecule has 0 amide bonds. The molecule has 0 aromatic rings. The van der Waals surface area contributed by atoms with E-state index in [-0.39, 0.29) is 5.78 Å². The molecular weight excluding hydrogens is 126 g/mol. The molecule has 0 rings (SSSR count). The zero-order valence-electron chi connectivity index (χ0n) is 6.93. The lowest BCUT2D eigenvalue weighted by atomic mass is 10.1. The fraction of sp³-hybridized carbons (Fsp3) is 0.500. The van der Waals surface area contributed by atoms with E-state index in [1.807, 2.05) is 13.8 Å². The second kappa shape index (κ2) is 3.99. The highest BCUT2D eigenvalue weighted by Gasteiger charge is 2.03. The Hall–Kier alpha value is -0.920. The Bertz CT molecular complexity index is 189. The van der Waals surface area contributed by atoms with Crippen LogP contribution in [0.5, 0.6) is 0 Å². The number of Topliss-reactive ketones (excluding diaryl/α,β-unsaturated/α-hetero) is 1. The number of hydrogen-bond acceptors (Lipinski definition) is 2. The van der Waals surface area contributed by atoms with Gasteiger partial charge in [0.25, 0.3) is 0 Å². The average molecular weight is 139 g/mol. The van der Waals surface area contributed by atoms with Gasteiger partial charge in [0.15, 0.2) is 5.78 Å². The number of hydrogen-bond donors (Lipinski definition) is 0. The van der Waals surface area contributed by atoms with Crippen molar-refractivity contribution in [2.45, 2.75) is 20.8 Å². The van der Waals surface area contributed by atoms with E-state index in [0.717, 1.165) is 5.71 Å². The van der Waals surface area contributed by atoms with Gasteiger partial charge in [-0.1, -0.05) is 6.08 Å². The molecule has 0 aliphatic rings. The summed E-state index contributed by atoms with van der Waals surface area (Å²) < 4.78 is 0. The van der Waals surface area contributed by atoms with Crippen LogP contribution in [0.25, 0.3) is 0 Å². The summed E-state index contributed by atoms with van der Waals surface area (Å²) >= 11 is 0. The normalized spacial score (nSPS) is 13.6. The summed E-state index contributed by atoms with van der Waals surface area (Å²) in [5, 5.41) is 0. The quantitative estimate of drug-likeness (QED) is 0.422. The van der Waals surface area contributed by atoms with Crippen molar-refractivity contribution in [1.29, 1.82) is 0 Å². The zero-order chi connectivity index (χ0) is 8.15. The second-order valence-electron chi connectivity index (χ2n) is 2.07. The Morgan fingerprint density at radius 3 is 2.00 bits per heavy atom. The van der Waals surface area contributed by atoms with E-state index in [1.165, 1.54) is 0 Å². The summed E-state index contributed by atoms with van der Waals surface area (Å²) in [6.07, 6.45) is 1.78. The van der Waals surface area contributed by atoms with E-state index < -0.39 is 0 Å². The van der Waals surface area contributed by atoms with Crippen molar-refractivity contribution < 1.29 is 4.79 Å². The molecule has 0 N–H and O–H groups in total. The number of ketones is 1. The highest BCUT2D eigenvalue weighted by Crippen LogP contribution is 1.98. The van der Waals surface area contributed by atoms with E-state index in [2.05, 4.69) is 4.99 Å². The third-order valence-corrected chi connectivity index (χ3v) is 1.39. The molecule has 0 saturated heterocycles. The molecule has 0 bridgehead atoms. The third kappa shape index (κ3) is 2.13. The first-order valence-corrected chi connectivity index (χ1v) is 3.24. The molecule has 0 aliphatic heterocycles. The van der Waals surface area contributed by atoms with Gasteiger partial charge in [-0.25, -0.2) is 0 Å². The maximum atomic E-state index is 10.8. The SMILES string of the molecule is C/C=C(/C(C)=O)C(C)=NC. The van der Waals surface area contributed by atoms with Crippen molar-refractivity contribution in [2.75, 3.05) is 7.05 Å². The molecule has 10 heavy (non-hydrogen) atoms. The minimum absolute atomic E-state index is 0.0746. The molecule has 56 valence electrons. The fourth-order valence-corrected chi connectivity index (χ4v) is 0.787. The number of carbonyl (C=O) groups excluding carboxylic acids is 1. The van der Waals surface area contributed by atoms with E-state index in [0.29, 0.717) is 5.57 Å². The van der Waals surface area contributed by atoms with Gasteiger partial charge in [-0.2, -0.15) is 0 Å². The average Bonchev–Trinajstić information content (AvgIpc) is 1.88. The van der Waals surface area contributed by atoms with Gasteiger partial charge >= 0.3 is 0 Å². The molecule has 0 aromatic carbocycles. The van der Waals surface area contributed by atoms with E-state index in [4.69, 9.17) is 0 Å². The summed E-state index contributed by atoms with van der Waals surface area (Å²) in [5.74, 6) is 0.0746. The second-order valence-corrected chi connectivity index (χ2v) is 2.07. The molecule has 0 spiro atoms. The van der Waals surface area contributed by atoms with Crippen LogP contribution in [0.1, 0.15) is 20.8 Å². The summed E-state index contributed by atoms with van der Waals surface area (Å²) in [7, 11) is 1.68. The van der Waals surface area contributed by atoms with E-state index in [9.17, 15) is 4.79 Å². The first-order valence-electron chi connectivity index (χ1n) is 3.24. The summed E-state index contributed by atoms with van der Waals surface area (Å²) in [5.41, 5.74) is 1.51. The molecule has 0 saturated carbocycles. The first-order chi connectivity index (χ1) is 4.63. The summed E-state index contributed by atoms with van der Waals surface area (Å²) in [6, 6.07) is 0. The van der Waals surface area contributed by atoms with Crippen LogP contribution in [0.15, 0.2) is 16.6 Å². The maximum absolute atomic E-state index is 10.8. The zero-order valence-corrected chi connectivity index (χ0v) is 6.93. The van der Waals surface area contributed by atoms with Gasteiger partial charge in [0.2, 0.25) is 0 Å². The predicted molar refractivity (Wildman–Crippen MR) is 43.5 cm³/mol. The van der Waals surface area contributed by atoms with Crippen LogP contribution in [-0.2, 0) is 4.79 Å². The Kier molecular flexibility index (Phi) is 3.62. The van der Waals surface area contributed by atoms with Crippen molar-refractivity contribution in [2.24, 2.45) is 4.99 Å². The molecule has 0 fully saturated rings. The van der Waals surface area contributed by atoms with Crippen LogP contribution in [0.3, 0.4) is 0 Å². The first kappa shape index (κ1) is 9.08. The lowest BCUT2D eigenvalue weighted by Crippen LogP contribution is -2.05. The van der Waals surface area contributed by atoms with E-state index in [1.54, 1.807) is 20.0 Å². The number of aliphatic imine (C=N–C) groups is 1. The molecule has 0 unspecified atom stereocenters. The smallest absolute Gasteiger partial charge is 0.161 e. The molecule has 2 heteroatoms. The van der Waals surface area contributed by atoms with Gasteiger partial charge < -0.3 is 0 Å². The van der Waals surface area contributed by atoms with Gasteiger partial charge in [-0.3, -0.25) is 9.79 Å².